The van der Waals surface area contributed by atoms with E-state index in [0.717, 1.165) is 52.0 Å². The van der Waals surface area contributed by atoms with Gasteiger partial charge in [-0.1, -0.05) is 56.3 Å². The Balaban J connectivity index is 1.86. The topological polar surface area (TPSA) is 75.3 Å². The molecular weight excluding hydrogens is 380 g/mol. The van der Waals surface area contributed by atoms with Crippen LogP contribution in [0.1, 0.15) is 46.6 Å². The molecular formula is C24H26N2O2S. The zero-order valence-electron chi connectivity index (χ0n) is 16.8. The molecule has 0 radical (unpaired) electrons. The fourth-order valence-electron chi connectivity index (χ4n) is 4.22. The molecule has 0 fully saturated rings. The van der Waals surface area contributed by atoms with Gasteiger partial charge < -0.3 is 5.11 Å². The normalized spacial score (nSPS) is 15.1. The number of benzene rings is 2. The number of rotatable bonds is 5. The summed E-state index contributed by atoms with van der Waals surface area (Å²) in [6.07, 6.45) is 2.84. The molecule has 5 heteroatoms. The molecule has 1 aromatic heterocycles. The lowest BCUT2D eigenvalue weighted by atomic mass is 9.76. The molecule has 2 aromatic carbocycles. The summed E-state index contributed by atoms with van der Waals surface area (Å²) in [6.45, 7) is 4.91. The monoisotopic (exact) mass is 406 g/mol. The molecule has 1 aliphatic rings. The highest BCUT2D eigenvalue weighted by atomic mass is 32.1. The summed E-state index contributed by atoms with van der Waals surface area (Å²) in [5.41, 5.74) is 8.57. The number of fused-ring (bicyclic) bond motifs is 1. The Bertz CT molecular complexity index is 1050. The molecule has 0 bridgehead atoms. The van der Waals surface area contributed by atoms with Crippen LogP contribution in [0, 0.1) is 5.41 Å². The summed E-state index contributed by atoms with van der Waals surface area (Å²) in [5.74, 6) is 4.83. The Morgan fingerprint density at radius 2 is 1.93 bits per heavy atom. The van der Waals surface area contributed by atoms with Gasteiger partial charge in [0.25, 0.3) is 0 Å². The molecule has 1 aliphatic carbocycles. The minimum absolute atomic E-state index is 0.133. The Morgan fingerprint density at radius 3 is 2.62 bits per heavy atom. The van der Waals surface area contributed by atoms with E-state index in [1.54, 1.807) is 11.3 Å². The maximum absolute atomic E-state index is 12.3. The highest BCUT2D eigenvalue weighted by Gasteiger charge is 2.33. The zero-order chi connectivity index (χ0) is 20.6. The summed E-state index contributed by atoms with van der Waals surface area (Å²) in [4.78, 5) is 14.3. The molecule has 0 unspecified atom stereocenters. The fourth-order valence-corrected chi connectivity index (χ4v) is 5.59. The van der Waals surface area contributed by atoms with Crippen molar-refractivity contribution in [2.45, 2.75) is 39.7 Å². The second-order valence-electron chi connectivity index (χ2n) is 8.47. The van der Waals surface area contributed by atoms with Gasteiger partial charge in [0.1, 0.15) is 0 Å². The second-order valence-corrected chi connectivity index (χ2v) is 9.58. The minimum atomic E-state index is -0.839. The summed E-state index contributed by atoms with van der Waals surface area (Å²) in [5, 5.41) is 10.1. The van der Waals surface area contributed by atoms with Crippen LogP contribution in [0.15, 0.2) is 48.5 Å². The van der Waals surface area contributed by atoms with E-state index in [-0.39, 0.29) is 5.41 Å². The first-order chi connectivity index (χ1) is 13.9. The summed E-state index contributed by atoms with van der Waals surface area (Å²) in [6, 6.07) is 16.4. The Hall–Kier alpha value is -2.47. The van der Waals surface area contributed by atoms with Crippen molar-refractivity contribution in [3.63, 3.8) is 0 Å². The van der Waals surface area contributed by atoms with Crippen molar-refractivity contribution in [1.29, 1.82) is 0 Å². The zero-order valence-corrected chi connectivity index (χ0v) is 17.6. The van der Waals surface area contributed by atoms with E-state index in [1.165, 1.54) is 4.88 Å². The van der Waals surface area contributed by atoms with Crippen molar-refractivity contribution in [1.82, 2.24) is 5.43 Å². The number of carbonyl (C=O) groups is 1. The minimum Gasteiger partial charge on any atom is -0.478 e. The number of nitrogens with one attached hydrogen (secondary N) is 1. The smallest absolute Gasteiger partial charge is 0.337 e. The molecule has 4 nitrogen and oxygen atoms in total. The molecule has 0 saturated heterocycles. The van der Waals surface area contributed by atoms with E-state index < -0.39 is 5.97 Å². The number of thiophene rings is 1. The quantitative estimate of drug-likeness (QED) is 0.399. The number of carboxylic acids is 1. The molecule has 0 spiro atoms. The third kappa shape index (κ3) is 3.86. The van der Waals surface area contributed by atoms with Gasteiger partial charge in [-0.15, -0.1) is 11.3 Å². The van der Waals surface area contributed by atoms with E-state index in [9.17, 15) is 9.90 Å². The van der Waals surface area contributed by atoms with Gasteiger partial charge >= 0.3 is 5.97 Å². The van der Waals surface area contributed by atoms with Crippen LogP contribution in [0.2, 0.25) is 0 Å². The van der Waals surface area contributed by atoms with Crippen molar-refractivity contribution in [3.8, 4) is 21.6 Å². The molecule has 29 heavy (non-hydrogen) atoms. The molecule has 4 rings (SSSR count). The highest BCUT2D eigenvalue weighted by Crippen LogP contribution is 2.46. The molecule has 150 valence electrons. The number of aromatic carboxylic acids is 1. The van der Waals surface area contributed by atoms with Crippen LogP contribution in [0.4, 0.5) is 0 Å². The van der Waals surface area contributed by atoms with Gasteiger partial charge in [-0.25, -0.2) is 4.79 Å². The predicted octanol–water partition coefficient (Wildman–Crippen LogP) is 5.26. The van der Waals surface area contributed by atoms with E-state index in [1.807, 2.05) is 24.3 Å². The van der Waals surface area contributed by atoms with Crippen molar-refractivity contribution < 1.29 is 9.90 Å². The Kier molecular flexibility index (Phi) is 5.30. The standard InChI is InChI=1S/C24H26N2O2S/c1-24(2)11-10-20-19(13-24)21(23(27)28)22(29-20)18-9-8-16(12-17(18)14-26-25)15-6-4-3-5-7-15/h3-9,12,26H,10-11,13-14,25H2,1-2H3,(H,27,28). The molecule has 1 heterocycles. The summed E-state index contributed by atoms with van der Waals surface area (Å²) >= 11 is 1.64. The maximum atomic E-state index is 12.3. The van der Waals surface area contributed by atoms with E-state index >= 15 is 0 Å². The summed E-state index contributed by atoms with van der Waals surface area (Å²) in [7, 11) is 0. The van der Waals surface area contributed by atoms with Crippen LogP contribution in [0.3, 0.4) is 0 Å². The Morgan fingerprint density at radius 1 is 1.17 bits per heavy atom. The fraction of sp³-hybridized carbons (Fsp3) is 0.292. The largest absolute Gasteiger partial charge is 0.478 e. The molecule has 4 N–H and O–H groups in total. The van der Waals surface area contributed by atoms with Crippen LogP contribution in [0.5, 0.6) is 0 Å². The third-order valence-corrected chi connectivity index (χ3v) is 7.06. The number of hydrogen-bond acceptors (Lipinski definition) is 4. The SMILES string of the molecule is CC1(C)CCc2sc(-c3ccc(-c4ccccc4)cc3CNN)c(C(=O)O)c2C1. The van der Waals surface area contributed by atoms with Crippen LogP contribution in [-0.2, 0) is 19.4 Å². The van der Waals surface area contributed by atoms with E-state index in [2.05, 4.69) is 43.5 Å². The van der Waals surface area contributed by atoms with Gasteiger partial charge in [-0.05, 0) is 58.6 Å². The molecule has 0 saturated carbocycles. The van der Waals surface area contributed by atoms with Gasteiger partial charge in [0.05, 0.1) is 5.56 Å². The van der Waals surface area contributed by atoms with Gasteiger partial charge in [-0.3, -0.25) is 11.3 Å². The van der Waals surface area contributed by atoms with Gasteiger partial charge in [-0.2, -0.15) is 0 Å². The first-order valence-corrected chi connectivity index (χ1v) is 10.7. The van der Waals surface area contributed by atoms with Crippen LogP contribution < -0.4 is 11.3 Å². The van der Waals surface area contributed by atoms with Crippen LogP contribution in [-0.4, -0.2) is 11.1 Å². The van der Waals surface area contributed by atoms with Crippen molar-refractivity contribution in [2.75, 3.05) is 0 Å². The van der Waals surface area contributed by atoms with Gasteiger partial charge in [0, 0.05) is 16.3 Å². The van der Waals surface area contributed by atoms with Crippen molar-refractivity contribution in [3.05, 3.63) is 70.1 Å². The number of hydrazine groups is 1. The van der Waals surface area contributed by atoms with Crippen LogP contribution >= 0.6 is 11.3 Å². The lowest BCUT2D eigenvalue weighted by Crippen LogP contribution is -2.22. The maximum Gasteiger partial charge on any atom is 0.337 e. The molecule has 0 atom stereocenters. The Labute approximate surface area is 175 Å². The van der Waals surface area contributed by atoms with Gasteiger partial charge in [0.2, 0.25) is 0 Å². The predicted molar refractivity (Wildman–Crippen MR) is 119 cm³/mol. The lowest BCUT2D eigenvalue weighted by Gasteiger charge is -2.29. The highest BCUT2D eigenvalue weighted by molar-refractivity contribution is 7.16. The average molecular weight is 407 g/mol. The molecule has 3 aromatic rings. The van der Waals surface area contributed by atoms with Gasteiger partial charge in [0.15, 0.2) is 0 Å². The molecule has 0 amide bonds. The van der Waals surface area contributed by atoms with E-state index in [0.29, 0.717) is 12.1 Å². The van der Waals surface area contributed by atoms with Crippen molar-refractivity contribution in [2.24, 2.45) is 11.3 Å². The number of carboxylic acid groups (broad SMARTS) is 1. The number of hydrogen-bond donors (Lipinski definition) is 3. The van der Waals surface area contributed by atoms with Crippen molar-refractivity contribution >= 4 is 17.3 Å². The summed E-state index contributed by atoms with van der Waals surface area (Å²) < 4.78 is 0. The lowest BCUT2D eigenvalue weighted by molar-refractivity contribution is 0.0696. The number of aryl methyl sites for hydroxylation is 1. The van der Waals surface area contributed by atoms with Crippen LogP contribution in [0.25, 0.3) is 21.6 Å². The number of nitrogens with two attached hydrogens (primary N) is 1. The third-order valence-electron chi connectivity index (χ3n) is 5.74. The average Bonchev–Trinajstić information content (AvgIpc) is 3.06. The van der Waals surface area contributed by atoms with E-state index in [4.69, 9.17) is 5.84 Å². The first-order valence-electron chi connectivity index (χ1n) is 9.89. The molecule has 0 aliphatic heterocycles. The first kappa shape index (κ1) is 19.8. The second kappa shape index (κ2) is 7.75.